The molecule has 0 spiro atoms. The fourth-order valence-corrected chi connectivity index (χ4v) is 3.85. The van der Waals surface area contributed by atoms with Crippen molar-refractivity contribution >= 4 is 33.7 Å². The molecule has 4 aromatic rings. The summed E-state index contributed by atoms with van der Waals surface area (Å²) in [6.07, 6.45) is 8.19. The lowest BCUT2D eigenvalue weighted by molar-refractivity contribution is -0.671. The number of phenolic OH excluding ortho intramolecular Hbond substituents is 1. The van der Waals surface area contributed by atoms with Gasteiger partial charge in [-0.25, -0.2) is 9.55 Å². The van der Waals surface area contributed by atoms with E-state index in [0.717, 1.165) is 37.5 Å². The van der Waals surface area contributed by atoms with Crippen LogP contribution < -0.4 is 28.5 Å². The largest absolute Gasteiger partial charge is 1.00 e. The first kappa shape index (κ1) is 19.5. The highest BCUT2D eigenvalue weighted by atomic mass is 127. The van der Waals surface area contributed by atoms with Crippen LogP contribution in [0.2, 0.25) is 0 Å². The van der Waals surface area contributed by atoms with Crippen molar-refractivity contribution in [1.82, 2.24) is 4.98 Å². The topological polar surface area (TPSA) is 37.0 Å². The highest BCUT2D eigenvalue weighted by Crippen LogP contribution is 2.38. The molecule has 0 saturated carbocycles. The van der Waals surface area contributed by atoms with Crippen LogP contribution in [-0.4, -0.2) is 10.1 Å². The van der Waals surface area contributed by atoms with E-state index in [4.69, 9.17) is 0 Å². The van der Waals surface area contributed by atoms with Crippen molar-refractivity contribution < 1.29 is 33.7 Å². The third kappa shape index (κ3) is 4.20. The van der Waals surface area contributed by atoms with Crippen LogP contribution in [0.3, 0.4) is 0 Å². The van der Waals surface area contributed by atoms with Crippen molar-refractivity contribution in [1.29, 1.82) is 0 Å². The number of halogens is 1. The summed E-state index contributed by atoms with van der Waals surface area (Å²) >= 11 is 1.60. The summed E-state index contributed by atoms with van der Waals surface area (Å²) in [6, 6.07) is 16.2. The second kappa shape index (κ2) is 8.19. The van der Waals surface area contributed by atoms with E-state index in [9.17, 15) is 5.11 Å². The van der Waals surface area contributed by atoms with Crippen LogP contribution in [-0.2, 0) is 7.05 Å². The van der Waals surface area contributed by atoms with Crippen molar-refractivity contribution in [2.75, 3.05) is 0 Å². The second-order valence-electron chi connectivity index (χ2n) is 6.35. The first-order valence-electron chi connectivity index (χ1n) is 8.43. The SMILES string of the molecule is Cc1cc(/C=C/c2cc[n+](C)cc2)cc(-c2nc3ccccc3s2)c1O.[I-]. The molecule has 0 bridgehead atoms. The van der Waals surface area contributed by atoms with E-state index in [-0.39, 0.29) is 24.0 Å². The second-order valence-corrected chi connectivity index (χ2v) is 7.38. The zero-order valence-electron chi connectivity index (χ0n) is 15.1. The van der Waals surface area contributed by atoms with E-state index in [1.165, 1.54) is 0 Å². The van der Waals surface area contributed by atoms with Crippen molar-refractivity contribution in [3.05, 3.63) is 77.6 Å². The van der Waals surface area contributed by atoms with Gasteiger partial charge in [-0.05, 0) is 47.9 Å². The van der Waals surface area contributed by atoms with Crippen molar-refractivity contribution in [2.45, 2.75) is 6.92 Å². The van der Waals surface area contributed by atoms with Crippen LogP contribution in [0.4, 0.5) is 0 Å². The molecule has 0 saturated heterocycles. The molecule has 0 unspecified atom stereocenters. The van der Waals surface area contributed by atoms with Crippen molar-refractivity contribution in [2.24, 2.45) is 7.05 Å². The highest BCUT2D eigenvalue weighted by molar-refractivity contribution is 7.21. The average molecular weight is 486 g/mol. The van der Waals surface area contributed by atoms with Gasteiger partial charge in [0.2, 0.25) is 0 Å². The molecule has 0 fully saturated rings. The summed E-state index contributed by atoms with van der Waals surface area (Å²) in [7, 11) is 2.00. The standard InChI is InChI=1S/C22H18N2OS.HI/c1-15-13-17(8-7-16-9-11-24(2)12-10-16)14-18(21(15)25)22-23-19-5-3-4-6-20(19)26-22;/h3-14H,1-2H3;1H. The lowest BCUT2D eigenvalue weighted by Crippen LogP contribution is -3.00. The highest BCUT2D eigenvalue weighted by Gasteiger charge is 2.13. The van der Waals surface area contributed by atoms with Crippen LogP contribution in [0.1, 0.15) is 16.7 Å². The summed E-state index contributed by atoms with van der Waals surface area (Å²) in [5.41, 5.74) is 4.77. The van der Waals surface area contributed by atoms with Crippen molar-refractivity contribution in [3.8, 4) is 16.3 Å². The summed E-state index contributed by atoms with van der Waals surface area (Å²) in [5, 5.41) is 11.4. The number of aromatic hydroxyl groups is 1. The predicted octanol–water partition coefficient (Wildman–Crippen LogP) is 1.98. The van der Waals surface area contributed by atoms with Crippen LogP contribution >= 0.6 is 11.3 Å². The number of phenols is 1. The summed E-state index contributed by atoms with van der Waals surface area (Å²) in [5.74, 6) is 0.299. The van der Waals surface area contributed by atoms with E-state index in [1.54, 1.807) is 11.3 Å². The fraction of sp³-hybridized carbons (Fsp3) is 0.0909. The quantitative estimate of drug-likeness (QED) is 0.355. The molecule has 0 radical (unpaired) electrons. The number of hydrogen-bond acceptors (Lipinski definition) is 3. The number of fused-ring (bicyclic) bond motifs is 1. The minimum Gasteiger partial charge on any atom is -1.00 e. The number of benzene rings is 2. The van der Waals surface area contributed by atoms with Gasteiger partial charge in [-0.2, -0.15) is 0 Å². The van der Waals surface area contributed by atoms with Crippen LogP contribution in [0.5, 0.6) is 5.75 Å². The number of aryl methyl sites for hydroxylation is 2. The van der Waals surface area contributed by atoms with E-state index in [0.29, 0.717) is 5.75 Å². The maximum atomic E-state index is 10.6. The van der Waals surface area contributed by atoms with Crippen LogP contribution in [0.25, 0.3) is 32.9 Å². The maximum absolute atomic E-state index is 10.6. The van der Waals surface area contributed by atoms with Gasteiger partial charge in [0.15, 0.2) is 12.4 Å². The van der Waals surface area contributed by atoms with Gasteiger partial charge in [0.05, 0.1) is 15.8 Å². The van der Waals surface area contributed by atoms with E-state index < -0.39 is 0 Å². The molecule has 1 N–H and O–H groups in total. The Morgan fingerprint density at radius 3 is 2.44 bits per heavy atom. The number of aromatic nitrogens is 2. The Labute approximate surface area is 179 Å². The van der Waals surface area contributed by atoms with Gasteiger partial charge in [-0.1, -0.05) is 24.3 Å². The minimum atomic E-state index is 0. The average Bonchev–Trinajstić information content (AvgIpc) is 3.07. The molecule has 0 amide bonds. The molecule has 0 atom stereocenters. The molecule has 136 valence electrons. The normalized spacial score (nSPS) is 11.0. The Hall–Kier alpha value is -2.25. The Morgan fingerprint density at radius 1 is 1.00 bits per heavy atom. The van der Waals surface area contributed by atoms with Gasteiger partial charge in [-0.15, -0.1) is 11.3 Å². The smallest absolute Gasteiger partial charge is 0.169 e. The molecule has 0 aliphatic rings. The predicted molar refractivity (Wildman–Crippen MR) is 108 cm³/mol. The summed E-state index contributed by atoms with van der Waals surface area (Å²) < 4.78 is 3.13. The fourth-order valence-electron chi connectivity index (χ4n) is 2.87. The summed E-state index contributed by atoms with van der Waals surface area (Å²) in [4.78, 5) is 4.69. The molecule has 0 aliphatic heterocycles. The molecular formula is C22H19IN2OS. The Balaban J connectivity index is 0.00000210. The monoisotopic (exact) mass is 486 g/mol. The molecule has 0 aliphatic carbocycles. The number of pyridine rings is 1. The van der Waals surface area contributed by atoms with Gasteiger partial charge in [0.25, 0.3) is 0 Å². The molecule has 4 rings (SSSR count). The van der Waals surface area contributed by atoms with Crippen LogP contribution in [0, 0.1) is 6.92 Å². The number of rotatable bonds is 3. The Kier molecular flexibility index (Phi) is 5.92. The lowest BCUT2D eigenvalue weighted by Gasteiger charge is -2.07. The Bertz CT molecular complexity index is 1080. The van der Waals surface area contributed by atoms with Gasteiger partial charge in [0.1, 0.15) is 17.8 Å². The number of para-hydroxylation sites is 1. The minimum absolute atomic E-state index is 0. The van der Waals surface area contributed by atoms with Gasteiger partial charge in [0, 0.05) is 12.1 Å². The summed E-state index contributed by atoms with van der Waals surface area (Å²) in [6.45, 7) is 1.92. The zero-order chi connectivity index (χ0) is 18.1. The van der Waals surface area contributed by atoms with Gasteiger partial charge >= 0.3 is 0 Å². The molecule has 5 heteroatoms. The lowest BCUT2D eigenvalue weighted by atomic mass is 10.0. The van der Waals surface area contributed by atoms with E-state index in [2.05, 4.69) is 35.3 Å². The zero-order valence-corrected chi connectivity index (χ0v) is 18.0. The number of nitrogens with zero attached hydrogens (tertiary/aromatic N) is 2. The first-order chi connectivity index (χ1) is 12.6. The van der Waals surface area contributed by atoms with Gasteiger partial charge < -0.3 is 29.1 Å². The number of hydrogen-bond donors (Lipinski definition) is 1. The molecule has 2 heterocycles. The third-order valence-corrected chi connectivity index (χ3v) is 5.39. The van der Waals surface area contributed by atoms with Crippen LogP contribution in [0.15, 0.2) is 60.9 Å². The molecule has 2 aromatic carbocycles. The third-order valence-electron chi connectivity index (χ3n) is 4.32. The molecule has 27 heavy (non-hydrogen) atoms. The molecular weight excluding hydrogens is 467 g/mol. The van der Waals surface area contributed by atoms with E-state index >= 15 is 0 Å². The van der Waals surface area contributed by atoms with E-state index in [1.807, 2.05) is 61.3 Å². The first-order valence-corrected chi connectivity index (χ1v) is 9.25. The van der Waals surface area contributed by atoms with Crippen molar-refractivity contribution in [3.63, 3.8) is 0 Å². The molecule has 3 nitrogen and oxygen atoms in total. The Morgan fingerprint density at radius 2 is 1.70 bits per heavy atom. The molecule has 2 aromatic heterocycles. The number of thiazole rings is 1. The van der Waals surface area contributed by atoms with Gasteiger partial charge in [-0.3, -0.25) is 0 Å². The maximum Gasteiger partial charge on any atom is 0.169 e.